The first-order valence-electron chi connectivity index (χ1n) is 6.80. The highest BCUT2D eigenvalue weighted by atomic mass is 16.5. The third-order valence-electron chi connectivity index (χ3n) is 3.52. The monoisotopic (exact) mass is 274 g/mol. The lowest BCUT2D eigenvalue weighted by Gasteiger charge is -2.11. The Bertz CT molecular complexity index is 617. The number of aryl methyl sites for hydroxylation is 1. The highest BCUT2D eigenvalue weighted by Gasteiger charge is 2.16. The van der Waals surface area contributed by atoms with Gasteiger partial charge in [0.15, 0.2) is 0 Å². The number of nitrogens with one attached hydrogen (secondary N) is 2. The van der Waals surface area contributed by atoms with Crippen molar-refractivity contribution in [3.8, 4) is 0 Å². The Kier molecular flexibility index (Phi) is 3.56. The van der Waals surface area contributed by atoms with E-state index >= 15 is 0 Å². The molecule has 106 valence electrons. The fourth-order valence-corrected chi connectivity index (χ4v) is 2.43. The maximum absolute atomic E-state index is 11.8. The first-order chi connectivity index (χ1) is 9.72. The molecule has 3 rings (SSSR count). The summed E-state index contributed by atoms with van der Waals surface area (Å²) in [5, 5.41) is 10.8. The van der Waals surface area contributed by atoms with Crippen LogP contribution in [0.1, 0.15) is 12.8 Å². The Labute approximate surface area is 117 Å². The zero-order valence-electron chi connectivity index (χ0n) is 11.4. The zero-order chi connectivity index (χ0) is 13.9. The molecule has 2 heterocycles. The van der Waals surface area contributed by atoms with Gasteiger partial charge in [0, 0.05) is 31.3 Å². The highest BCUT2D eigenvalue weighted by Crippen LogP contribution is 2.18. The van der Waals surface area contributed by atoms with E-state index < -0.39 is 0 Å². The van der Waals surface area contributed by atoms with Crippen LogP contribution in [-0.2, 0) is 11.8 Å². The predicted molar refractivity (Wildman–Crippen MR) is 76.7 cm³/mol. The number of ether oxygens (including phenoxy) is 1. The molecule has 2 amide bonds. The number of fused-ring (bicyclic) bond motifs is 1. The van der Waals surface area contributed by atoms with Crippen LogP contribution in [0.15, 0.2) is 24.4 Å². The van der Waals surface area contributed by atoms with E-state index in [0.29, 0.717) is 6.54 Å². The van der Waals surface area contributed by atoms with Gasteiger partial charge in [0.2, 0.25) is 0 Å². The van der Waals surface area contributed by atoms with Gasteiger partial charge in [-0.25, -0.2) is 4.79 Å². The van der Waals surface area contributed by atoms with Crippen LogP contribution in [0.25, 0.3) is 10.9 Å². The summed E-state index contributed by atoms with van der Waals surface area (Å²) < 4.78 is 7.26. The Morgan fingerprint density at radius 1 is 1.55 bits per heavy atom. The van der Waals surface area contributed by atoms with Gasteiger partial charge in [-0.3, -0.25) is 4.68 Å². The van der Waals surface area contributed by atoms with Gasteiger partial charge >= 0.3 is 6.03 Å². The SMILES string of the molecule is Cn1ncc2cc(NC(=O)NCC3CCCO3)ccc21. The number of nitrogens with zero attached hydrogens (tertiary/aromatic N) is 2. The van der Waals surface area contributed by atoms with E-state index in [0.717, 1.165) is 36.0 Å². The molecule has 0 spiro atoms. The number of hydrogen-bond donors (Lipinski definition) is 2. The average molecular weight is 274 g/mol. The van der Waals surface area contributed by atoms with Crippen LogP contribution in [-0.4, -0.2) is 35.1 Å². The molecule has 1 aliphatic heterocycles. The number of amides is 2. The molecule has 1 unspecified atom stereocenters. The summed E-state index contributed by atoms with van der Waals surface area (Å²) in [6.07, 6.45) is 4.03. The molecular weight excluding hydrogens is 256 g/mol. The van der Waals surface area contributed by atoms with Crippen molar-refractivity contribution < 1.29 is 9.53 Å². The molecule has 6 heteroatoms. The molecule has 1 atom stereocenters. The van der Waals surface area contributed by atoms with Crippen LogP contribution in [0.5, 0.6) is 0 Å². The number of carbonyl (C=O) groups is 1. The maximum atomic E-state index is 11.8. The molecule has 0 radical (unpaired) electrons. The van der Waals surface area contributed by atoms with Gasteiger partial charge in [-0.05, 0) is 31.0 Å². The van der Waals surface area contributed by atoms with E-state index in [1.165, 1.54) is 0 Å². The normalized spacial score (nSPS) is 18.4. The lowest BCUT2D eigenvalue weighted by molar-refractivity contribution is 0.112. The molecular formula is C14H18N4O2. The summed E-state index contributed by atoms with van der Waals surface area (Å²) in [5.74, 6) is 0. The third kappa shape index (κ3) is 2.75. The quantitative estimate of drug-likeness (QED) is 0.898. The molecule has 1 aliphatic rings. The highest BCUT2D eigenvalue weighted by molar-refractivity contribution is 5.92. The maximum Gasteiger partial charge on any atom is 0.319 e. The van der Waals surface area contributed by atoms with E-state index in [4.69, 9.17) is 4.74 Å². The lowest BCUT2D eigenvalue weighted by Crippen LogP contribution is -2.34. The van der Waals surface area contributed by atoms with Crippen molar-refractivity contribution in [2.45, 2.75) is 18.9 Å². The summed E-state index contributed by atoms with van der Waals surface area (Å²) in [6, 6.07) is 5.52. The molecule has 20 heavy (non-hydrogen) atoms. The minimum absolute atomic E-state index is 0.154. The van der Waals surface area contributed by atoms with Gasteiger partial charge in [-0.1, -0.05) is 0 Å². The van der Waals surface area contributed by atoms with Gasteiger partial charge in [0.1, 0.15) is 0 Å². The van der Waals surface area contributed by atoms with Gasteiger partial charge in [-0.2, -0.15) is 5.10 Å². The standard InChI is InChI=1S/C14H18N4O2/c1-18-13-5-4-11(7-10(13)8-16-18)17-14(19)15-9-12-3-2-6-20-12/h4-5,7-8,12H,2-3,6,9H2,1H3,(H2,15,17,19). The second-order valence-corrected chi connectivity index (χ2v) is 5.01. The van der Waals surface area contributed by atoms with Crippen molar-refractivity contribution in [3.05, 3.63) is 24.4 Å². The minimum atomic E-state index is -0.205. The predicted octanol–water partition coefficient (Wildman–Crippen LogP) is 1.87. The van der Waals surface area contributed by atoms with Gasteiger partial charge in [0.05, 0.1) is 17.8 Å². The largest absolute Gasteiger partial charge is 0.376 e. The van der Waals surface area contributed by atoms with E-state index in [-0.39, 0.29) is 12.1 Å². The molecule has 2 N–H and O–H groups in total. The number of carbonyl (C=O) groups excluding carboxylic acids is 1. The Morgan fingerprint density at radius 3 is 3.25 bits per heavy atom. The Balaban J connectivity index is 1.58. The number of benzene rings is 1. The van der Waals surface area contributed by atoms with Gasteiger partial charge in [-0.15, -0.1) is 0 Å². The van der Waals surface area contributed by atoms with Crippen molar-refractivity contribution in [3.63, 3.8) is 0 Å². The van der Waals surface area contributed by atoms with Crippen molar-refractivity contribution in [2.24, 2.45) is 7.05 Å². The van der Waals surface area contributed by atoms with Crippen molar-refractivity contribution in [1.29, 1.82) is 0 Å². The molecule has 1 aromatic carbocycles. The molecule has 1 fully saturated rings. The molecule has 1 saturated heterocycles. The van der Waals surface area contributed by atoms with Crippen LogP contribution in [0.4, 0.5) is 10.5 Å². The molecule has 6 nitrogen and oxygen atoms in total. The van der Waals surface area contributed by atoms with Crippen molar-refractivity contribution in [2.75, 3.05) is 18.5 Å². The number of hydrogen-bond acceptors (Lipinski definition) is 3. The summed E-state index contributed by atoms with van der Waals surface area (Å²) in [4.78, 5) is 11.8. The first kappa shape index (κ1) is 12.9. The van der Waals surface area contributed by atoms with Crippen LogP contribution in [0.3, 0.4) is 0 Å². The molecule has 0 saturated carbocycles. The van der Waals surface area contributed by atoms with Crippen LogP contribution in [0.2, 0.25) is 0 Å². The van der Waals surface area contributed by atoms with E-state index in [1.54, 1.807) is 10.9 Å². The number of aromatic nitrogens is 2. The Morgan fingerprint density at radius 2 is 2.45 bits per heavy atom. The second-order valence-electron chi connectivity index (χ2n) is 5.01. The summed E-state index contributed by atoms with van der Waals surface area (Å²) in [5.41, 5.74) is 1.80. The number of urea groups is 1. The fourth-order valence-electron chi connectivity index (χ4n) is 2.43. The summed E-state index contributed by atoms with van der Waals surface area (Å²) >= 11 is 0. The third-order valence-corrected chi connectivity index (χ3v) is 3.52. The molecule has 0 bridgehead atoms. The van der Waals surface area contributed by atoms with E-state index in [2.05, 4.69) is 15.7 Å². The number of rotatable bonds is 3. The van der Waals surface area contributed by atoms with Crippen LogP contribution in [0, 0.1) is 0 Å². The zero-order valence-corrected chi connectivity index (χ0v) is 11.4. The minimum Gasteiger partial charge on any atom is -0.376 e. The van der Waals surface area contributed by atoms with E-state index in [9.17, 15) is 4.79 Å². The lowest BCUT2D eigenvalue weighted by atomic mass is 10.2. The van der Waals surface area contributed by atoms with Gasteiger partial charge < -0.3 is 15.4 Å². The van der Waals surface area contributed by atoms with Crippen LogP contribution >= 0.6 is 0 Å². The fraction of sp³-hybridized carbons (Fsp3) is 0.429. The van der Waals surface area contributed by atoms with E-state index in [1.807, 2.05) is 25.2 Å². The topological polar surface area (TPSA) is 68.2 Å². The number of anilines is 1. The summed E-state index contributed by atoms with van der Waals surface area (Å²) in [7, 11) is 1.89. The Hall–Kier alpha value is -2.08. The van der Waals surface area contributed by atoms with Crippen molar-refractivity contribution in [1.82, 2.24) is 15.1 Å². The van der Waals surface area contributed by atoms with Gasteiger partial charge in [0.25, 0.3) is 0 Å². The summed E-state index contributed by atoms with van der Waals surface area (Å²) in [6.45, 7) is 1.35. The second kappa shape index (κ2) is 5.50. The average Bonchev–Trinajstić information content (AvgIpc) is 3.07. The van der Waals surface area contributed by atoms with Crippen molar-refractivity contribution >= 4 is 22.6 Å². The van der Waals surface area contributed by atoms with Crippen LogP contribution < -0.4 is 10.6 Å². The molecule has 0 aliphatic carbocycles. The smallest absolute Gasteiger partial charge is 0.319 e. The molecule has 1 aromatic heterocycles. The first-order valence-corrected chi connectivity index (χ1v) is 6.80. The molecule has 2 aromatic rings.